The highest BCUT2D eigenvalue weighted by Crippen LogP contribution is 2.30. The summed E-state index contributed by atoms with van der Waals surface area (Å²) in [5.74, 6) is 2.17. The van der Waals surface area contributed by atoms with Crippen molar-refractivity contribution >= 4 is 39.5 Å². The molecule has 7 heteroatoms. The van der Waals surface area contributed by atoms with Gasteiger partial charge in [0.1, 0.15) is 11.6 Å². The molecule has 1 N–H and O–H groups in total. The Kier molecular flexibility index (Phi) is 6.78. The maximum atomic E-state index is 13.0. The van der Waals surface area contributed by atoms with E-state index in [-0.39, 0.29) is 11.5 Å². The molecule has 0 radical (unpaired) electrons. The standard InChI is InChI=1S/C21H28N4O2S/c1-4-12-28-13-8-11-22-20(26)17(5-2)25-18-10-7-6-9-15(18)16-14-23-24(3)21(27)19(16)25/h6-7,9-10,14,17H,4-5,8,11-13H2,1-3H3,(H,22,26)/t17-/m0/s1. The van der Waals surface area contributed by atoms with Crippen LogP contribution >= 0.6 is 11.8 Å². The van der Waals surface area contributed by atoms with Crippen LogP contribution in [0.3, 0.4) is 0 Å². The van der Waals surface area contributed by atoms with Gasteiger partial charge in [-0.25, -0.2) is 4.68 Å². The Labute approximate surface area is 169 Å². The monoisotopic (exact) mass is 400 g/mol. The molecule has 6 nitrogen and oxygen atoms in total. The third-order valence-electron chi connectivity index (χ3n) is 4.92. The Morgan fingerprint density at radius 2 is 2.00 bits per heavy atom. The van der Waals surface area contributed by atoms with Crippen molar-refractivity contribution in [3.05, 3.63) is 40.8 Å². The number of nitrogens with one attached hydrogen (secondary N) is 1. The number of aryl methyl sites for hydroxylation is 1. The molecule has 0 saturated carbocycles. The molecule has 2 aromatic heterocycles. The molecule has 0 bridgehead atoms. The van der Waals surface area contributed by atoms with Crippen molar-refractivity contribution in [1.82, 2.24) is 19.7 Å². The second-order valence-electron chi connectivity index (χ2n) is 6.90. The second kappa shape index (κ2) is 9.28. The highest BCUT2D eigenvalue weighted by molar-refractivity contribution is 7.99. The van der Waals surface area contributed by atoms with Crippen LogP contribution in [0.1, 0.15) is 39.2 Å². The quantitative estimate of drug-likeness (QED) is 0.558. The van der Waals surface area contributed by atoms with Gasteiger partial charge in [-0.1, -0.05) is 32.0 Å². The van der Waals surface area contributed by atoms with Gasteiger partial charge in [-0.2, -0.15) is 16.9 Å². The van der Waals surface area contributed by atoms with Gasteiger partial charge in [-0.05, 0) is 36.8 Å². The van der Waals surface area contributed by atoms with Crippen LogP contribution in [0, 0.1) is 0 Å². The first-order valence-corrected chi connectivity index (χ1v) is 11.1. The maximum Gasteiger partial charge on any atom is 0.291 e. The largest absolute Gasteiger partial charge is 0.354 e. The number of para-hydroxylation sites is 1. The predicted octanol–water partition coefficient (Wildman–Crippen LogP) is 3.49. The normalized spacial score (nSPS) is 12.5. The zero-order valence-electron chi connectivity index (χ0n) is 16.8. The first-order chi connectivity index (χ1) is 13.6. The molecule has 1 atom stereocenters. The van der Waals surface area contributed by atoms with E-state index in [0.29, 0.717) is 18.5 Å². The summed E-state index contributed by atoms with van der Waals surface area (Å²) in [6.45, 7) is 4.81. The number of nitrogens with zero attached hydrogens (tertiary/aromatic N) is 3. The first-order valence-electron chi connectivity index (χ1n) is 9.90. The average Bonchev–Trinajstić information content (AvgIpc) is 3.03. The van der Waals surface area contributed by atoms with Crippen LogP contribution in [0.4, 0.5) is 0 Å². The van der Waals surface area contributed by atoms with Crippen molar-refractivity contribution in [3.8, 4) is 0 Å². The molecule has 0 unspecified atom stereocenters. The van der Waals surface area contributed by atoms with E-state index in [1.54, 1.807) is 13.2 Å². The third kappa shape index (κ3) is 3.94. The van der Waals surface area contributed by atoms with Gasteiger partial charge < -0.3 is 9.88 Å². The molecule has 3 rings (SSSR count). The topological polar surface area (TPSA) is 68.9 Å². The number of amides is 1. The van der Waals surface area contributed by atoms with Crippen molar-refractivity contribution < 1.29 is 4.79 Å². The molecule has 150 valence electrons. The summed E-state index contributed by atoms with van der Waals surface area (Å²) < 4.78 is 3.23. The smallest absolute Gasteiger partial charge is 0.291 e. The minimum absolute atomic E-state index is 0.0375. The maximum absolute atomic E-state index is 13.0. The Hall–Kier alpha value is -2.28. The molecule has 1 amide bonds. The van der Waals surface area contributed by atoms with E-state index in [4.69, 9.17) is 0 Å². The number of rotatable bonds is 9. The fourth-order valence-corrected chi connectivity index (χ4v) is 4.39. The summed E-state index contributed by atoms with van der Waals surface area (Å²) in [5.41, 5.74) is 1.25. The van der Waals surface area contributed by atoms with Crippen LogP contribution in [-0.2, 0) is 11.8 Å². The number of aromatic nitrogens is 3. The van der Waals surface area contributed by atoms with Crippen LogP contribution < -0.4 is 10.9 Å². The number of hydrogen-bond acceptors (Lipinski definition) is 4. The van der Waals surface area contributed by atoms with Gasteiger partial charge in [-0.3, -0.25) is 9.59 Å². The average molecular weight is 401 g/mol. The molecule has 0 fully saturated rings. The van der Waals surface area contributed by atoms with Gasteiger partial charge in [0.2, 0.25) is 5.91 Å². The minimum atomic E-state index is -0.430. The molecule has 3 aromatic rings. The number of hydrogen-bond donors (Lipinski definition) is 1. The van der Waals surface area contributed by atoms with E-state index >= 15 is 0 Å². The van der Waals surface area contributed by atoms with Crippen molar-refractivity contribution in [3.63, 3.8) is 0 Å². The Balaban J connectivity index is 1.94. The second-order valence-corrected chi connectivity index (χ2v) is 8.13. The molecule has 2 heterocycles. The van der Waals surface area contributed by atoms with E-state index in [9.17, 15) is 9.59 Å². The number of carbonyl (C=O) groups is 1. The van der Waals surface area contributed by atoms with Crippen LogP contribution in [0.5, 0.6) is 0 Å². The predicted molar refractivity (Wildman–Crippen MR) is 117 cm³/mol. The lowest BCUT2D eigenvalue weighted by Crippen LogP contribution is -2.34. The van der Waals surface area contributed by atoms with Gasteiger partial charge in [0.05, 0.1) is 11.7 Å². The molecule has 0 saturated heterocycles. The highest BCUT2D eigenvalue weighted by Gasteiger charge is 2.25. The Morgan fingerprint density at radius 1 is 1.21 bits per heavy atom. The zero-order chi connectivity index (χ0) is 20.1. The van der Waals surface area contributed by atoms with Crippen molar-refractivity contribution in [2.75, 3.05) is 18.1 Å². The van der Waals surface area contributed by atoms with E-state index < -0.39 is 6.04 Å². The van der Waals surface area contributed by atoms with Crippen LogP contribution in [0.15, 0.2) is 35.3 Å². The molecule has 1 aromatic carbocycles. The van der Waals surface area contributed by atoms with Gasteiger partial charge in [-0.15, -0.1) is 0 Å². The van der Waals surface area contributed by atoms with Gasteiger partial charge in [0.15, 0.2) is 0 Å². The number of carbonyl (C=O) groups excluding carboxylic acids is 1. The summed E-state index contributed by atoms with van der Waals surface area (Å²) >= 11 is 1.92. The molecule has 0 aliphatic heterocycles. The third-order valence-corrected chi connectivity index (χ3v) is 6.19. The van der Waals surface area contributed by atoms with Gasteiger partial charge in [0.25, 0.3) is 5.56 Å². The van der Waals surface area contributed by atoms with E-state index in [0.717, 1.165) is 34.2 Å². The summed E-state index contributed by atoms with van der Waals surface area (Å²) in [7, 11) is 1.64. The van der Waals surface area contributed by atoms with Crippen molar-refractivity contribution in [2.24, 2.45) is 7.05 Å². The summed E-state index contributed by atoms with van der Waals surface area (Å²) in [4.78, 5) is 25.8. The van der Waals surface area contributed by atoms with Gasteiger partial charge in [0, 0.05) is 24.4 Å². The fraction of sp³-hybridized carbons (Fsp3) is 0.476. The number of thioether (sulfide) groups is 1. The SMILES string of the molecule is CCCSCCCNC(=O)[C@H](CC)n1c2ccccc2c2cnn(C)c(=O)c21. The summed E-state index contributed by atoms with van der Waals surface area (Å²) in [6.07, 6.45) is 4.44. The van der Waals surface area contributed by atoms with Gasteiger partial charge >= 0.3 is 0 Å². The molecule has 0 aliphatic rings. The minimum Gasteiger partial charge on any atom is -0.354 e. The van der Waals surface area contributed by atoms with Crippen LogP contribution in [0.25, 0.3) is 21.8 Å². The van der Waals surface area contributed by atoms with E-state index in [1.165, 1.54) is 11.1 Å². The molecule has 0 aliphatic carbocycles. The molecule has 0 spiro atoms. The first kappa shape index (κ1) is 20.5. The lowest BCUT2D eigenvalue weighted by atomic mass is 10.2. The Morgan fingerprint density at radius 3 is 2.75 bits per heavy atom. The lowest BCUT2D eigenvalue weighted by Gasteiger charge is -2.19. The number of benzene rings is 1. The molecular formula is C21H28N4O2S. The summed E-state index contributed by atoms with van der Waals surface area (Å²) in [6, 6.07) is 7.39. The lowest BCUT2D eigenvalue weighted by molar-refractivity contribution is -0.124. The zero-order valence-corrected chi connectivity index (χ0v) is 17.6. The highest BCUT2D eigenvalue weighted by atomic mass is 32.2. The molecule has 28 heavy (non-hydrogen) atoms. The van der Waals surface area contributed by atoms with Crippen molar-refractivity contribution in [2.45, 2.75) is 39.2 Å². The van der Waals surface area contributed by atoms with E-state index in [2.05, 4.69) is 17.3 Å². The van der Waals surface area contributed by atoms with E-state index in [1.807, 2.05) is 47.5 Å². The fourth-order valence-electron chi connectivity index (χ4n) is 3.55. The van der Waals surface area contributed by atoms with Crippen molar-refractivity contribution in [1.29, 1.82) is 0 Å². The van der Waals surface area contributed by atoms with Crippen LogP contribution in [0.2, 0.25) is 0 Å². The number of fused-ring (bicyclic) bond motifs is 3. The Bertz CT molecular complexity index is 1020. The van der Waals surface area contributed by atoms with Crippen LogP contribution in [-0.4, -0.2) is 38.3 Å². The molecular weight excluding hydrogens is 372 g/mol. The summed E-state index contributed by atoms with van der Waals surface area (Å²) in [5, 5.41) is 8.98.